The van der Waals surface area contributed by atoms with Gasteiger partial charge in [0.1, 0.15) is 5.82 Å². The Kier molecular flexibility index (Phi) is 5.82. The number of likely N-dealkylation sites (tertiary alicyclic amines) is 1. The van der Waals surface area contributed by atoms with Gasteiger partial charge in [-0.1, -0.05) is 6.07 Å². The van der Waals surface area contributed by atoms with Crippen molar-refractivity contribution >= 4 is 5.97 Å². The van der Waals surface area contributed by atoms with Gasteiger partial charge in [0.2, 0.25) is 0 Å². The molecule has 1 aromatic carbocycles. The molecule has 0 radical (unpaired) electrons. The highest BCUT2D eigenvalue weighted by atomic mass is 19.4. The van der Waals surface area contributed by atoms with Crippen LogP contribution in [0.3, 0.4) is 0 Å². The van der Waals surface area contributed by atoms with Crippen molar-refractivity contribution in [1.82, 2.24) is 4.90 Å². The van der Waals surface area contributed by atoms with E-state index in [1.54, 1.807) is 4.90 Å². The number of hydrogen-bond acceptors (Lipinski definition) is 4. The number of methoxy groups -OCH3 is 1. The number of hydrogen-bond donors (Lipinski definition) is 1. The number of ether oxygens (including phenoxy) is 1. The summed E-state index contributed by atoms with van der Waals surface area (Å²) in [6.07, 6.45) is -4.89. The van der Waals surface area contributed by atoms with E-state index in [1.807, 2.05) is 0 Å². The molecule has 0 bridgehead atoms. The van der Waals surface area contributed by atoms with E-state index in [4.69, 9.17) is 0 Å². The Labute approximate surface area is 137 Å². The van der Waals surface area contributed by atoms with Crippen molar-refractivity contribution in [2.24, 2.45) is 5.92 Å². The van der Waals surface area contributed by atoms with Gasteiger partial charge in [0, 0.05) is 6.54 Å². The molecule has 1 atom stereocenters. The number of carbonyl (C=O) groups is 1. The van der Waals surface area contributed by atoms with Gasteiger partial charge >= 0.3 is 12.1 Å². The van der Waals surface area contributed by atoms with Crippen molar-refractivity contribution in [3.8, 4) is 0 Å². The fraction of sp³-hybridized carbons (Fsp3) is 0.562. The summed E-state index contributed by atoms with van der Waals surface area (Å²) in [5.74, 6) is -1.90. The fourth-order valence-electron chi connectivity index (χ4n) is 2.93. The first-order valence-electron chi connectivity index (χ1n) is 7.56. The summed E-state index contributed by atoms with van der Waals surface area (Å²) in [6, 6.07) is 2.66. The molecular formula is C16H19F4NO3. The highest BCUT2D eigenvalue weighted by Crippen LogP contribution is 2.33. The SMILES string of the molecule is COC(=O)[C@H](O)C1CCN(Cc2ccc(F)cc2C(F)(F)F)CC1. The van der Waals surface area contributed by atoms with E-state index in [-0.39, 0.29) is 18.0 Å². The predicted molar refractivity (Wildman–Crippen MR) is 77.4 cm³/mol. The number of esters is 1. The van der Waals surface area contributed by atoms with Gasteiger partial charge in [-0.15, -0.1) is 0 Å². The lowest BCUT2D eigenvalue weighted by molar-refractivity contribution is -0.154. The van der Waals surface area contributed by atoms with Gasteiger partial charge in [0.05, 0.1) is 12.7 Å². The standard InChI is InChI=1S/C16H19F4NO3/c1-24-15(23)14(22)10-4-6-21(7-5-10)9-11-2-3-12(17)8-13(11)16(18,19)20/h2-3,8,10,14,22H,4-7,9H2,1H3/t14-/m1/s1. The normalized spacial score (nSPS) is 18.4. The lowest BCUT2D eigenvalue weighted by Crippen LogP contribution is -2.40. The summed E-state index contributed by atoms with van der Waals surface area (Å²) >= 11 is 0. The number of halogens is 4. The van der Waals surface area contributed by atoms with Crippen molar-refractivity contribution in [3.05, 3.63) is 35.1 Å². The van der Waals surface area contributed by atoms with E-state index in [0.717, 1.165) is 12.1 Å². The van der Waals surface area contributed by atoms with Gasteiger partial charge in [-0.2, -0.15) is 13.2 Å². The Morgan fingerprint density at radius 3 is 2.54 bits per heavy atom. The molecule has 1 aromatic rings. The maximum Gasteiger partial charge on any atom is 0.416 e. The third-order valence-corrected chi connectivity index (χ3v) is 4.29. The van der Waals surface area contributed by atoms with E-state index in [0.29, 0.717) is 32.0 Å². The van der Waals surface area contributed by atoms with Crippen LogP contribution >= 0.6 is 0 Å². The van der Waals surface area contributed by atoms with Gasteiger partial charge < -0.3 is 9.84 Å². The molecule has 2 rings (SSSR count). The predicted octanol–water partition coefficient (Wildman–Crippen LogP) is 2.59. The zero-order chi connectivity index (χ0) is 17.9. The quantitative estimate of drug-likeness (QED) is 0.671. The van der Waals surface area contributed by atoms with E-state index < -0.39 is 29.6 Å². The lowest BCUT2D eigenvalue weighted by atomic mass is 9.91. The third kappa shape index (κ3) is 4.45. The Bertz CT molecular complexity index is 583. The van der Waals surface area contributed by atoms with Gasteiger partial charge in [-0.3, -0.25) is 4.90 Å². The Morgan fingerprint density at radius 2 is 2.00 bits per heavy atom. The first-order chi connectivity index (χ1) is 11.2. The summed E-state index contributed by atoms with van der Waals surface area (Å²) in [4.78, 5) is 13.1. The van der Waals surface area contributed by atoms with Crippen LogP contribution in [-0.2, 0) is 22.3 Å². The average Bonchev–Trinajstić information content (AvgIpc) is 2.55. The van der Waals surface area contributed by atoms with Crippen LogP contribution in [0.2, 0.25) is 0 Å². The minimum atomic E-state index is -4.61. The second-order valence-electron chi connectivity index (χ2n) is 5.88. The van der Waals surface area contributed by atoms with Crippen molar-refractivity contribution in [3.63, 3.8) is 0 Å². The number of rotatable bonds is 4. The van der Waals surface area contributed by atoms with Crippen LogP contribution in [-0.4, -0.2) is 42.3 Å². The summed E-state index contributed by atoms with van der Waals surface area (Å²) in [5, 5.41) is 9.82. The van der Waals surface area contributed by atoms with E-state index in [2.05, 4.69) is 4.74 Å². The zero-order valence-corrected chi connectivity index (χ0v) is 13.1. The Hall–Kier alpha value is -1.67. The second-order valence-corrected chi connectivity index (χ2v) is 5.88. The van der Waals surface area contributed by atoms with Crippen LogP contribution in [0.25, 0.3) is 0 Å². The van der Waals surface area contributed by atoms with Crippen LogP contribution in [0, 0.1) is 11.7 Å². The maximum absolute atomic E-state index is 13.1. The fourth-order valence-corrected chi connectivity index (χ4v) is 2.93. The number of aliphatic hydroxyl groups is 1. The molecule has 0 aliphatic carbocycles. The molecule has 1 aliphatic heterocycles. The molecule has 0 unspecified atom stereocenters. The molecule has 24 heavy (non-hydrogen) atoms. The largest absolute Gasteiger partial charge is 0.467 e. The number of alkyl halides is 3. The maximum atomic E-state index is 13.1. The first-order valence-corrected chi connectivity index (χ1v) is 7.56. The van der Waals surface area contributed by atoms with Crippen LogP contribution in [0.1, 0.15) is 24.0 Å². The molecule has 1 aliphatic rings. The van der Waals surface area contributed by atoms with Crippen molar-refractivity contribution in [2.45, 2.75) is 31.7 Å². The van der Waals surface area contributed by atoms with Crippen LogP contribution in [0.15, 0.2) is 18.2 Å². The average molecular weight is 349 g/mol. The lowest BCUT2D eigenvalue weighted by Gasteiger charge is -2.33. The summed E-state index contributed by atoms with van der Waals surface area (Å²) in [7, 11) is 1.19. The number of piperidine rings is 1. The zero-order valence-electron chi connectivity index (χ0n) is 13.1. The number of carbonyl (C=O) groups excluding carboxylic acids is 1. The minimum absolute atomic E-state index is 0.0101. The summed E-state index contributed by atoms with van der Waals surface area (Å²) in [6.45, 7) is 0.914. The van der Waals surface area contributed by atoms with Gasteiger partial charge in [0.25, 0.3) is 0 Å². The molecule has 4 nitrogen and oxygen atoms in total. The van der Waals surface area contributed by atoms with E-state index in [1.165, 1.54) is 7.11 Å². The Balaban J connectivity index is 2.01. The second kappa shape index (κ2) is 7.48. The minimum Gasteiger partial charge on any atom is -0.467 e. The monoisotopic (exact) mass is 349 g/mol. The third-order valence-electron chi connectivity index (χ3n) is 4.29. The summed E-state index contributed by atoms with van der Waals surface area (Å²) in [5.41, 5.74) is -0.963. The smallest absolute Gasteiger partial charge is 0.416 e. The topological polar surface area (TPSA) is 49.8 Å². The molecule has 0 saturated carbocycles. The molecule has 1 heterocycles. The highest BCUT2D eigenvalue weighted by Gasteiger charge is 2.35. The van der Waals surface area contributed by atoms with Crippen molar-refractivity contribution < 1.29 is 32.2 Å². The van der Waals surface area contributed by atoms with Crippen LogP contribution in [0.5, 0.6) is 0 Å². The Morgan fingerprint density at radius 1 is 1.38 bits per heavy atom. The molecule has 1 saturated heterocycles. The van der Waals surface area contributed by atoms with Gasteiger partial charge in [0.15, 0.2) is 6.10 Å². The first kappa shape index (κ1) is 18.7. The molecule has 8 heteroatoms. The molecular weight excluding hydrogens is 330 g/mol. The molecule has 1 fully saturated rings. The number of aliphatic hydroxyl groups excluding tert-OH is 1. The highest BCUT2D eigenvalue weighted by molar-refractivity contribution is 5.74. The van der Waals surface area contributed by atoms with Crippen LogP contribution < -0.4 is 0 Å². The van der Waals surface area contributed by atoms with Gasteiger partial charge in [-0.25, -0.2) is 9.18 Å². The molecule has 0 amide bonds. The van der Waals surface area contributed by atoms with E-state index >= 15 is 0 Å². The molecule has 134 valence electrons. The number of benzene rings is 1. The van der Waals surface area contributed by atoms with Crippen molar-refractivity contribution in [2.75, 3.05) is 20.2 Å². The molecule has 1 N–H and O–H groups in total. The van der Waals surface area contributed by atoms with E-state index in [9.17, 15) is 27.5 Å². The van der Waals surface area contributed by atoms with Crippen molar-refractivity contribution in [1.29, 1.82) is 0 Å². The molecule has 0 aromatic heterocycles. The van der Waals surface area contributed by atoms with Crippen LogP contribution in [0.4, 0.5) is 17.6 Å². The summed E-state index contributed by atoms with van der Waals surface area (Å²) < 4.78 is 56.6. The number of nitrogens with zero attached hydrogens (tertiary/aromatic N) is 1. The molecule has 0 spiro atoms. The van der Waals surface area contributed by atoms with Gasteiger partial charge in [-0.05, 0) is 49.5 Å².